The Morgan fingerprint density at radius 3 is 2.45 bits per heavy atom. The third kappa shape index (κ3) is 2.90. The third-order valence-electron chi connectivity index (χ3n) is 3.90. The predicted molar refractivity (Wildman–Crippen MR) is 82.3 cm³/mol. The largest absolute Gasteiger partial charge is 0.341 e. The molecule has 0 saturated carbocycles. The van der Waals surface area contributed by atoms with Crippen LogP contribution in [0.5, 0.6) is 0 Å². The molecule has 1 aliphatic rings. The molecule has 1 aromatic heterocycles. The van der Waals surface area contributed by atoms with Gasteiger partial charge in [0.25, 0.3) is 5.91 Å². The fraction of sp³-hybridized carbons (Fsp3) is 0.375. The fourth-order valence-corrected chi connectivity index (χ4v) is 2.66. The molecule has 1 aromatic carbocycles. The molecule has 6 heteroatoms. The number of rotatable bonds is 1. The molecule has 0 bridgehead atoms. The minimum Gasteiger partial charge on any atom is -0.341 e. The Hall–Kier alpha value is -2.50. The van der Waals surface area contributed by atoms with E-state index in [1.165, 1.54) is 6.20 Å². The number of carbonyl (C=O) groups excluding carboxylic acids is 2. The predicted octanol–water partition coefficient (Wildman–Crippen LogP) is 1.32. The summed E-state index contributed by atoms with van der Waals surface area (Å²) in [6.45, 7) is 4.00. The van der Waals surface area contributed by atoms with E-state index in [4.69, 9.17) is 0 Å². The number of hydrogen-bond donors (Lipinski definition) is 0. The van der Waals surface area contributed by atoms with Crippen LogP contribution in [0.15, 0.2) is 30.5 Å². The van der Waals surface area contributed by atoms with Crippen molar-refractivity contribution in [1.29, 1.82) is 0 Å². The van der Waals surface area contributed by atoms with Crippen LogP contribution in [0.2, 0.25) is 0 Å². The molecule has 0 spiro atoms. The first-order valence-corrected chi connectivity index (χ1v) is 7.42. The molecule has 2 heterocycles. The first kappa shape index (κ1) is 14.4. The normalized spacial score (nSPS) is 15.7. The molecule has 1 fully saturated rings. The first-order valence-electron chi connectivity index (χ1n) is 7.42. The molecule has 2 aromatic rings. The van der Waals surface area contributed by atoms with Crippen LogP contribution in [0.1, 0.15) is 23.8 Å². The summed E-state index contributed by atoms with van der Waals surface area (Å²) < 4.78 is 0. The van der Waals surface area contributed by atoms with Crippen molar-refractivity contribution in [3.8, 4) is 0 Å². The maximum atomic E-state index is 12.6. The number of aromatic nitrogens is 2. The van der Waals surface area contributed by atoms with Crippen LogP contribution in [-0.4, -0.2) is 57.8 Å². The lowest BCUT2D eigenvalue weighted by atomic mass is 10.2. The third-order valence-corrected chi connectivity index (χ3v) is 3.90. The molecule has 0 N–H and O–H groups in total. The standard InChI is InChI=1S/C16H18N4O2/c1-12(21)19-7-4-8-20(10-9-19)16(22)15-11-17-13-5-2-3-6-14(13)18-15/h2-3,5-6,11H,4,7-10H2,1H3. The molecule has 0 atom stereocenters. The highest BCUT2D eigenvalue weighted by Crippen LogP contribution is 2.12. The summed E-state index contributed by atoms with van der Waals surface area (Å²) in [5.74, 6) is -0.0662. The van der Waals surface area contributed by atoms with Gasteiger partial charge >= 0.3 is 0 Å². The minimum absolute atomic E-state index is 0.0554. The Balaban J connectivity index is 1.78. The molecular weight excluding hydrogens is 280 g/mol. The maximum absolute atomic E-state index is 12.6. The highest BCUT2D eigenvalue weighted by molar-refractivity contribution is 5.93. The van der Waals surface area contributed by atoms with Crippen LogP contribution in [0, 0.1) is 0 Å². The zero-order chi connectivity index (χ0) is 15.5. The second-order valence-corrected chi connectivity index (χ2v) is 5.40. The molecule has 1 saturated heterocycles. The zero-order valence-electron chi connectivity index (χ0n) is 12.5. The van der Waals surface area contributed by atoms with Gasteiger partial charge in [0.1, 0.15) is 5.69 Å². The van der Waals surface area contributed by atoms with Gasteiger partial charge in [-0.15, -0.1) is 0 Å². The topological polar surface area (TPSA) is 66.4 Å². The summed E-state index contributed by atoms with van der Waals surface area (Å²) in [7, 11) is 0. The van der Waals surface area contributed by atoms with Crippen LogP contribution in [-0.2, 0) is 4.79 Å². The Morgan fingerprint density at radius 1 is 1.00 bits per heavy atom. The lowest BCUT2D eigenvalue weighted by Crippen LogP contribution is -2.36. The Morgan fingerprint density at radius 2 is 1.68 bits per heavy atom. The highest BCUT2D eigenvalue weighted by Gasteiger charge is 2.22. The van der Waals surface area contributed by atoms with Gasteiger partial charge in [-0.25, -0.2) is 4.98 Å². The van der Waals surface area contributed by atoms with Gasteiger partial charge in [0, 0.05) is 33.1 Å². The fourth-order valence-electron chi connectivity index (χ4n) is 2.66. The van der Waals surface area contributed by atoms with Crippen molar-refractivity contribution < 1.29 is 9.59 Å². The Kier molecular flexibility index (Phi) is 4.00. The average molecular weight is 298 g/mol. The number of hydrogen-bond acceptors (Lipinski definition) is 4. The molecule has 0 aliphatic carbocycles. The molecule has 114 valence electrons. The molecule has 22 heavy (non-hydrogen) atoms. The molecule has 6 nitrogen and oxygen atoms in total. The van der Waals surface area contributed by atoms with Gasteiger partial charge in [-0.2, -0.15) is 0 Å². The maximum Gasteiger partial charge on any atom is 0.274 e. The van der Waals surface area contributed by atoms with E-state index in [1.807, 2.05) is 24.3 Å². The Bertz CT molecular complexity index is 716. The summed E-state index contributed by atoms with van der Waals surface area (Å²) in [4.78, 5) is 36.3. The monoisotopic (exact) mass is 298 g/mol. The number of amides is 2. The van der Waals surface area contributed by atoms with E-state index in [-0.39, 0.29) is 11.8 Å². The lowest BCUT2D eigenvalue weighted by molar-refractivity contribution is -0.128. The average Bonchev–Trinajstić information content (AvgIpc) is 2.80. The van der Waals surface area contributed by atoms with E-state index in [0.29, 0.717) is 37.4 Å². The number of carbonyl (C=O) groups is 2. The van der Waals surface area contributed by atoms with Gasteiger partial charge in [0.05, 0.1) is 17.2 Å². The van der Waals surface area contributed by atoms with Crippen LogP contribution >= 0.6 is 0 Å². The van der Waals surface area contributed by atoms with Gasteiger partial charge in [-0.1, -0.05) is 12.1 Å². The number of fused-ring (bicyclic) bond motifs is 1. The van der Waals surface area contributed by atoms with Crippen molar-refractivity contribution in [2.45, 2.75) is 13.3 Å². The van der Waals surface area contributed by atoms with E-state index in [0.717, 1.165) is 11.9 Å². The van der Waals surface area contributed by atoms with Gasteiger partial charge in [-0.05, 0) is 18.6 Å². The SMILES string of the molecule is CC(=O)N1CCCN(C(=O)c2cnc3ccccc3n2)CC1. The summed E-state index contributed by atoms with van der Waals surface area (Å²) in [5, 5.41) is 0. The van der Waals surface area contributed by atoms with Crippen LogP contribution < -0.4 is 0 Å². The van der Waals surface area contributed by atoms with Gasteiger partial charge in [-0.3, -0.25) is 14.6 Å². The highest BCUT2D eigenvalue weighted by atomic mass is 16.2. The van der Waals surface area contributed by atoms with E-state index in [2.05, 4.69) is 9.97 Å². The summed E-state index contributed by atoms with van der Waals surface area (Å²) in [6.07, 6.45) is 2.31. The van der Waals surface area contributed by atoms with Crippen molar-refractivity contribution in [2.75, 3.05) is 26.2 Å². The quantitative estimate of drug-likeness (QED) is 0.796. The molecular formula is C16H18N4O2. The van der Waals surface area contributed by atoms with E-state index in [1.54, 1.807) is 16.7 Å². The number of nitrogens with zero attached hydrogens (tertiary/aromatic N) is 4. The second-order valence-electron chi connectivity index (χ2n) is 5.40. The van der Waals surface area contributed by atoms with Crippen molar-refractivity contribution in [3.63, 3.8) is 0 Å². The molecule has 2 amide bonds. The molecule has 0 unspecified atom stereocenters. The van der Waals surface area contributed by atoms with E-state index >= 15 is 0 Å². The second kappa shape index (κ2) is 6.09. The van der Waals surface area contributed by atoms with Crippen molar-refractivity contribution >= 4 is 22.8 Å². The van der Waals surface area contributed by atoms with Gasteiger partial charge in [0.2, 0.25) is 5.91 Å². The minimum atomic E-state index is -0.122. The summed E-state index contributed by atoms with van der Waals surface area (Å²) in [5.41, 5.74) is 1.85. The number of para-hydroxylation sites is 2. The first-order chi connectivity index (χ1) is 10.6. The van der Waals surface area contributed by atoms with Crippen LogP contribution in [0.3, 0.4) is 0 Å². The summed E-state index contributed by atoms with van der Waals surface area (Å²) >= 11 is 0. The van der Waals surface area contributed by atoms with Crippen molar-refractivity contribution in [2.24, 2.45) is 0 Å². The molecule has 1 aliphatic heterocycles. The van der Waals surface area contributed by atoms with Crippen LogP contribution in [0.4, 0.5) is 0 Å². The lowest BCUT2D eigenvalue weighted by Gasteiger charge is -2.21. The Labute approximate surface area is 128 Å². The van der Waals surface area contributed by atoms with E-state index in [9.17, 15) is 9.59 Å². The van der Waals surface area contributed by atoms with Gasteiger partial charge < -0.3 is 9.80 Å². The smallest absolute Gasteiger partial charge is 0.274 e. The zero-order valence-corrected chi connectivity index (χ0v) is 12.5. The van der Waals surface area contributed by atoms with Crippen LogP contribution in [0.25, 0.3) is 11.0 Å². The van der Waals surface area contributed by atoms with Crippen molar-refractivity contribution in [1.82, 2.24) is 19.8 Å². The number of benzene rings is 1. The van der Waals surface area contributed by atoms with Gasteiger partial charge in [0.15, 0.2) is 0 Å². The molecule has 0 radical (unpaired) electrons. The molecule has 3 rings (SSSR count). The van der Waals surface area contributed by atoms with Crippen molar-refractivity contribution in [3.05, 3.63) is 36.2 Å². The van der Waals surface area contributed by atoms with E-state index < -0.39 is 0 Å². The summed E-state index contributed by atoms with van der Waals surface area (Å²) in [6, 6.07) is 7.48.